The third kappa shape index (κ3) is 5.70. The van der Waals surface area contributed by atoms with Gasteiger partial charge in [0.15, 0.2) is 0 Å². The molecule has 3 heteroatoms. The largest absolute Gasteiger partial charge is 0.293 e. The molecule has 0 aliphatic rings. The van der Waals surface area contributed by atoms with Crippen molar-refractivity contribution in [2.45, 2.75) is 78.6 Å². The quantitative estimate of drug-likeness (QED) is 0.133. The minimum atomic E-state index is -0.102. The van der Waals surface area contributed by atoms with Crippen molar-refractivity contribution in [1.82, 2.24) is 14.4 Å². The van der Waals surface area contributed by atoms with Gasteiger partial charge in [-0.25, -0.2) is 9.97 Å². The standard InChI is InChI=1S/C54H49N3/c1-52(2,3)37-25-36-26-45(46-31-39(54(7,8)9)30-44(55-46)35-20-15-19-34(24-35)32-16-11-10-12-17-32)56-51-48(36)41(27-37)42-28-38(53(4,5)6)29-43-49-40-21-14-13-18-33(40)22-23-47(49)57(51)50(42)43/h10-31H,1-9H3. The van der Waals surface area contributed by atoms with E-state index in [9.17, 15) is 0 Å². The molecule has 0 amide bonds. The van der Waals surface area contributed by atoms with E-state index in [2.05, 4.69) is 200 Å². The molecule has 0 radical (unpaired) electrons. The zero-order valence-corrected chi connectivity index (χ0v) is 34.5. The zero-order valence-electron chi connectivity index (χ0n) is 34.5. The lowest BCUT2D eigenvalue weighted by atomic mass is 9.82. The second-order valence-corrected chi connectivity index (χ2v) is 19.2. The molecule has 0 spiro atoms. The maximum atomic E-state index is 5.71. The number of pyridine rings is 3. The highest BCUT2D eigenvalue weighted by Gasteiger charge is 2.27. The minimum absolute atomic E-state index is 0.0328. The lowest BCUT2D eigenvalue weighted by Gasteiger charge is -2.24. The van der Waals surface area contributed by atoms with Gasteiger partial charge in [0.2, 0.25) is 0 Å². The van der Waals surface area contributed by atoms with Gasteiger partial charge in [-0.3, -0.25) is 4.40 Å². The smallest absolute Gasteiger partial charge is 0.146 e. The van der Waals surface area contributed by atoms with Crippen LogP contribution in [0.5, 0.6) is 0 Å². The second-order valence-electron chi connectivity index (χ2n) is 19.2. The number of fused-ring (bicyclic) bond motifs is 7. The fourth-order valence-corrected chi connectivity index (χ4v) is 8.82. The van der Waals surface area contributed by atoms with Crippen molar-refractivity contribution in [3.63, 3.8) is 0 Å². The van der Waals surface area contributed by atoms with E-state index in [1.807, 2.05) is 0 Å². The maximum absolute atomic E-state index is 5.71. The fraction of sp³-hybridized carbons (Fsp3) is 0.222. The Hall–Kier alpha value is -6.06. The normalized spacial score (nSPS) is 13.0. The van der Waals surface area contributed by atoms with E-state index in [4.69, 9.17) is 9.97 Å². The summed E-state index contributed by atoms with van der Waals surface area (Å²) < 4.78 is 2.46. The first-order valence-electron chi connectivity index (χ1n) is 20.3. The van der Waals surface area contributed by atoms with Crippen LogP contribution in [-0.2, 0) is 16.2 Å². The average molecular weight is 740 g/mol. The van der Waals surface area contributed by atoms with Gasteiger partial charge in [-0.05, 0) is 114 Å². The average Bonchev–Trinajstić information content (AvgIpc) is 3.54. The fourth-order valence-electron chi connectivity index (χ4n) is 8.82. The predicted molar refractivity (Wildman–Crippen MR) is 244 cm³/mol. The Morgan fingerprint density at radius 3 is 1.74 bits per heavy atom. The summed E-state index contributed by atoms with van der Waals surface area (Å²) in [6.45, 7) is 20.8. The van der Waals surface area contributed by atoms with Gasteiger partial charge < -0.3 is 0 Å². The van der Waals surface area contributed by atoms with Gasteiger partial charge in [0.1, 0.15) is 5.65 Å². The summed E-state index contributed by atoms with van der Waals surface area (Å²) in [5.74, 6) is 0. The first-order chi connectivity index (χ1) is 27.1. The first kappa shape index (κ1) is 35.4. The van der Waals surface area contributed by atoms with Crippen LogP contribution in [0.1, 0.15) is 79.0 Å². The van der Waals surface area contributed by atoms with E-state index < -0.39 is 0 Å². The van der Waals surface area contributed by atoms with Crippen LogP contribution < -0.4 is 0 Å². The molecule has 10 rings (SSSR count). The molecule has 0 saturated heterocycles. The van der Waals surface area contributed by atoms with Crippen LogP contribution in [0, 0.1) is 0 Å². The van der Waals surface area contributed by atoms with Gasteiger partial charge in [0.25, 0.3) is 0 Å². The summed E-state index contributed by atoms with van der Waals surface area (Å²) in [5.41, 5.74) is 13.3. The van der Waals surface area contributed by atoms with Crippen LogP contribution in [0.4, 0.5) is 0 Å². The summed E-state index contributed by atoms with van der Waals surface area (Å²) >= 11 is 0. The monoisotopic (exact) mass is 739 g/mol. The molecule has 0 bridgehead atoms. The van der Waals surface area contributed by atoms with Crippen molar-refractivity contribution in [2.24, 2.45) is 0 Å². The van der Waals surface area contributed by atoms with Crippen LogP contribution in [0.3, 0.4) is 0 Å². The molecule has 0 aliphatic heterocycles. The Balaban J connectivity index is 1.34. The number of benzene rings is 6. The molecule has 280 valence electrons. The third-order valence-corrected chi connectivity index (χ3v) is 12.1. The molecule has 0 unspecified atom stereocenters. The van der Waals surface area contributed by atoms with Gasteiger partial charge in [-0.1, -0.05) is 147 Å². The number of rotatable bonds is 3. The summed E-state index contributed by atoms with van der Waals surface area (Å²) in [6.07, 6.45) is 0. The Bertz CT molecular complexity index is 3220. The lowest BCUT2D eigenvalue weighted by Crippen LogP contribution is -2.13. The van der Waals surface area contributed by atoms with Crippen molar-refractivity contribution >= 4 is 59.8 Å². The van der Waals surface area contributed by atoms with Crippen LogP contribution in [0.2, 0.25) is 0 Å². The number of nitrogens with zero attached hydrogens (tertiary/aromatic N) is 3. The highest BCUT2D eigenvalue weighted by molar-refractivity contribution is 6.30. The van der Waals surface area contributed by atoms with Crippen LogP contribution >= 0.6 is 0 Å². The van der Waals surface area contributed by atoms with E-state index >= 15 is 0 Å². The van der Waals surface area contributed by atoms with Gasteiger partial charge >= 0.3 is 0 Å². The van der Waals surface area contributed by atoms with Crippen molar-refractivity contribution in [2.75, 3.05) is 0 Å². The molecule has 0 aliphatic carbocycles. The lowest BCUT2D eigenvalue weighted by molar-refractivity contribution is 0.590. The van der Waals surface area contributed by atoms with Crippen molar-refractivity contribution in [3.05, 3.63) is 150 Å². The van der Waals surface area contributed by atoms with E-state index in [1.165, 1.54) is 81.9 Å². The Morgan fingerprint density at radius 2 is 0.982 bits per heavy atom. The van der Waals surface area contributed by atoms with Gasteiger partial charge in [0.05, 0.1) is 28.1 Å². The highest BCUT2D eigenvalue weighted by Crippen LogP contribution is 2.46. The molecule has 0 fully saturated rings. The summed E-state index contributed by atoms with van der Waals surface area (Å²) in [5, 5.41) is 10.0. The Morgan fingerprint density at radius 1 is 0.386 bits per heavy atom. The summed E-state index contributed by atoms with van der Waals surface area (Å²) in [7, 11) is 0. The van der Waals surface area contributed by atoms with Crippen molar-refractivity contribution in [1.29, 1.82) is 0 Å². The minimum Gasteiger partial charge on any atom is -0.293 e. The van der Waals surface area contributed by atoms with Gasteiger partial charge in [0, 0.05) is 27.1 Å². The van der Waals surface area contributed by atoms with Crippen LogP contribution in [-0.4, -0.2) is 14.4 Å². The molecular weight excluding hydrogens is 691 g/mol. The second kappa shape index (κ2) is 12.2. The Kier molecular flexibility index (Phi) is 7.58. The van der Waals surface area contributed by atoms with E-state index in [-0.39, 0.29) is 16.2 Å². The SMILES string of the molecule is CC(C)(C)c1cc(-c2cccc(-c3ccccc3)c2)nc(-c2cc3cc(C(C)(C)C)cc4c5cc(C(C)(C)C)cc6c7c8ccccc8ccc7n(c(n2)c34)c56)c1. The van der Waals surface area contributed by atoms with Gasteiger partial charge in [-0.2, -0.15) is 0 Å². The summed E-state index contributed by atoms with van der Waals surface area (Å²) in [4.78, 5) is 11.2. The molecule has 0 atom stereocenters. The molecule has 0 saturated carbocycles. The van der Waals surface area contributed by atoms with Crippen molar-refractivity contribution < 1.29 is 0 Å². The zero-order chi connectivity index (χ0) is 39.6. The topological polar surface area (TPSA) is 30.2 Å². The molecule has 0 N–H and O–H groups in total. The maximum Gasteiger partial charge on any atom is 0.146 e. The van der Waals surface area contributed by atoms with Crippen molar-refractivity contribution in [3.8, 4) is 33.8 Å². The van der Waals surface area contributed by atoms with E-state index in [0.717, 1.165) is 28.3 Å². The van der Waals surface area contributed by atoms with Crippen LogP contribution in [0.15, 0.2) is 133 Å². The first-order valence-corrected chi connectivity index (χ1v) is 20.3. The van der Waals surface area contributed by atoms with E-state index in [1.54, 1.807) is 0 Å². The highest BCUT2D eigenvalue weighted by atomic mass is 15.0. The van der Waals surface area contributed by atoms with E-state index in [0.29, 0.717) is 0 Å². The number of hydrogen-bond donors (Lipinski definition) is 0. The molecule has 4 aromatic heterocycles. The molecule has 4 heterocycles. The molecule has 10 aromatic rings. The summed E-state index contributed by atoms with van der Waals surface area (Å²) in [6, 6.07) is 49.4. The Labute approximate surface area is 335 Å². The molecule has 3 nitrogen and oxygen atoms in total. The molecular formula is C54H49N3. The number of aromatic nitrogens is 3. The third-order valence-electron chi connectivity index (χ3n) is 12.1. The van der Waals surface area contributed by atoms with Gasteiger partial charge in [-0.15, -0.1) is 0 Å². The predicted octanol–water partition coefficient (Wildman–Crippen LogP) is 14.8. The number of hydrogen-bond acceptors (Lipinski definition) is 2. The molecule has 6 aromatic carbocycles. The van der Waals surface area contributed by atoms with Crippen LogP contribution in [0.25, 0.3) is 93.5 Å². The molecule has 57 heavy (non-hydrogen) atoms.